The number of fused-ring (bicyclic) bond motifs is 1. The molecule has 1 heterocycles. The van der Waals surface area contributed by atoms with Gasteiger partial charge in [0.2, 0.25) is 0 Å². The number of benzene rings is 3. The second-order valence-corrected chi connectivity index (χ2v) is 7.95. The largest absolute Gasteiger partial charge is 0.482 e. The van der Waals surface area contributed by atoms with E-state index in [9.17, 15) is 9.59 Å². The molecule has 0 fully saturated rings. The molecule has 0 atom stereocenters. The van der Waals surface area contributed by atoms with Gasteiger partial charge in [-0.3, -0.25) is 4.79 Å². The van der Waals surface area contributed by atoms with Gasteiger partial charge in [-0.05, 0) is 73.2 Å². The number of rotatable bonds is 7. The van der Waals surface area contributed by atoms with Gasteiger partial charge in [0.25, 0.3) is 5.91 Å². The molecule has 3 aromatic rings. The van der Waals surface area contributed by atoms with Crippen molar-refractivity contribution >= 4 is 17.6 Å². The summed E-state index contributed by atoms with van der Waals surface area (Å²) in [7, 11) is 0. The summed E-state index contributed by atoms with van der Waals surface area (Å²) in [5.74, 6) is -0.349. The number of hydrogen-bond acceptors (Lipinski definition) is 3. The second kappa shape index (κ2) is 8.64. The molecule has 1 aliphatic heterocycles. The lowest BCUT2D eigenvalue weighted by Crippen LogP contribution is -2.22. The number of amides is 1. The number of ether oxygens (including phenoxy) is 1. The standard InChI is InChI=1S/C26H25NO4/c1-17-6-11-21(12-7-17)27-15-23-20(4-3-5-22(23)26(27)30)10-8-19-9-13-24(18(2)14-19)31-16-25(28)29/h3-7,9,11-14H,8,10,15-16H2,1-2H3,(H,28,29). The van der Waals surface area contributed by atoms with Gasteiger partial charge in [-0.2, -0.15) is 0 Å². The summed E-state index contributed by atoms with van der Waals surface area (Å²) in [5, 5.41) is 8.78. The van der Waals surface area contributed by atoms with Crippen LogP contribution in [-0.4, -0.2) is 23.6 Å². The molecule has 5 nitrogen and oxygen atoms in total. The van der Waals surface area contributed by atoms with Gasteiger partial charge in [0.15, 0.2) is 6.61 Å². The van der Waals surface area contributed by atoms with E-state index in [1.165, 1.54) is 11.1 Å². The van der Waals surface area contributed by atoms with Crippen LogP contribution in [0.5, 0.6) is 5.75 Å². The summed E-state index contributed by atoms with van der Waals surface area (Å²) in [5.41, 5.74) is 7.23. The summed E-state index contributed by atoms with van der Waals surface area (Å²) < 4.78 is 5.31. The molecule has 4 rings (SSSR count). The average Bonchev–Trinajstić information content (AvgIpc) is 3.09. The van der Waals surface area contributed by atoms with E-state index < -0.39 is 5.97 Å². The van der Waals surface area contributed by atoms with Gasteiger partial charge in [0.1, 0.15) is 5.75 Å². The summed E-state index contributed by atoms with van der Waals surface area (Å²) >= 11 is 0. The normalized spacial score (nSPS) is 12.7. The highest BCUT2D eigenvalue weighted by Crippen LogP contribution is 2.31. The first kappa shape index (κ1) is 20.7. The Morgan fingerprint density at radius 1 is 1.03 bits per heavy atom. The maximum Gasteiger partial charge on any atom is 0.341 e. The number of nitrogens with zero attached hydrogens (tertiary/aromatic N) is 1. The van der Waals surface area contributed by atoms with Crippen LogP contribution in [0.4, 0.5) is 5.69 Å². The lowest BCUT2D eigenvalue weighted by molar-refractivity contribution is -0.139. The van der Waals surface area contributed by atoms with Crippen LogP contribution in [-0.2, 0) is 24.2 Å². The van der Waals surface area contributed by atoms with E-state index in [0.717, 1.165) is 40.8 Å². The molecular weight excluding hydrogens is 390 g/mol. The highest BCUT2D eigenvalue weighted by Gasteiger charge is 2.29. The SMILES string of the molecule is Cc1ccc(N2Cc3c(CCc4ccc(OCC(=O)O)c(C)c4)cccc3C2=O)cc1. The number of hydrogen-bond donors (Lipinski definition) is 1. The van der Waals surface area contributed by atoms with Crippen molar-refractivity contribution in [2.45, 2.75) is 33.2 Å². The quantitative estimate of drug-likeness (QED) is 0.607. The van der Waals surface area contributed by atoms with E-state index >= 15 is 0 Å². The zero-order valence-electron chi connectivity index (χ0n) is 17.7. The fourth-order valence-corrected chi connectivity index (χ4v) is 4.01. The Morgan fingerprint density at radius 2 is 1.81 bits per heavy atom. The molecule has 1 amide bonds. The van der Waals surface area contributed by atoms with E-state index in [0.29, 0.717) is 12.3 Å². The zero-order chi connectivity index (χ0) is 22.0. The molecule has 158 valence electrons. The molecule has 0 saturated heterocycles. The van der Waals surface area contributed by atoms with E-state index in [2.05, 4.69) is 6.07 Å². The molecule has 0 saturated carbocycles. The summed E-state index contributed by atoms with van der Waals surface area (Å²) in [6.45, 7) is 4.20. The predicted octanol–water partition coefficient (Wildman–Crippen LogP) is 4.71. The van der Waals surface area contributed by atoms with Gasteiger partial charge in [0, 0.05) is 11.3 Å². The first-order chi connectivity index (χ1) is 14.9. The number of aryl methyl sites for hydroxylation is 4. The van der Waals surface area contributed by atoms with Crippen molar-refractivity contribution in [2.24, 2.45) is 0 Å². The Hall–Kier alpha value is -3.60. The molecule has 1 aliphatic rings. The fraction of sp³-hybridized carbons (Fsp3) is 0.231. The van der Waals surface area contributed by atoms with Gasteiger partial charge in [-0.1, -0.05) is 42.0 Å². The van der Waals surface area contributed by atoms with Gasteiger partial charge in [-0.25, -0.2) is 4.79 Å². The maximum absolute atomic E-state index is 13.0. The van der Waals surface area contributed by atoms with Gasteiger partial charge < -0.3 is 14.7 Å². The summed E-state index contributed by atoms with van der Waals surface area (Å²) in [6, 6.07) is 19.8. The third-order valence-corrected chi connectivity index (χ3v) is 5.68. The molecule has 0 aromatic heterocycles. The summed E-state index contributed by atoms with van der Waals surface area (Å²) in [4.78, 5) is 25.5. The number of carboxylic acid groups (broad SMARTS) is 1. The second-order valence-electron chi connectivity index (χ2n) is 7.95. The number of carboxylic acids is 1. The lowest BCUT2D eigenvalue weighted by atomic mass is 9.97. The molecule has 3 aromatic carbocycles. The lowest BCUT2D eigenvalue weighted by Gasteiger charge is -2.16. The first-order valence-electron chi connectivity index (χ1n) is 10.4. The van der Waals surface area contributed by atoms with E-state index in [-0.39, 0.29) is 12.5 Å². The smallest absolute Gasteiger partial charge is 0.341 e. The molecule has 5 heteroatoms. The summed E-state index contributed by atoms with van der Waals surface area (Å²) in [6.07, 6.45) is 1.65. The highest BCUT2D eigenvalue weighted by atomic mass is 16.5. The molecular formula is C26H25NO4. The van der Waals surface area contributed by atoms with Crippen LogP contribution in [0.15, 0.2) is 60.7 Å². The minimum atomic E-state index is -0.990. The Morgan fingerprint density at radius 3 is 2.52 bits per heavy atom. The number of carbonyl (C=O) groups is 2. The Kier molecular flexibility index (Phi) is 5.76. The van der Waals surface area contributed by atoms with Gasteiger partial charge >= 0.3 is 5.97 Å². The third kappa shape index (κ3) is 4.45. The molecule has 1 N–H and O–H groups in total. The molecule has 0 radical (unpaired) electrons. The van der Waals surface area contributed by atoms with Crippen molar-refractivity contribution in [3.05, 3.63) is 94.0 Å². The average molecular weight is 415 g/mol. The Balaban J connectivity index is 1.48. The zero-order valence-corrected chi connectivity index (χ0v) is 17.7. The number of aliphatic carboxylic acids is 1. The van der Waals surface area contributed by atoms with Crippen LogP contribution in [0.25, 0.3) is 0 Å². The Bertz CT molecular complexity index is 1130. The first-order valence-corrected chi connectivity index (χ1v) is 10.4. The molecule has 0 spiro atoms. The van der Waals surface area contributed by atoms with Gasteiger partial charge in [0.05, 0.1) is 6.54 Å². The number of anilines is 1. The Labute approximate surface area is 181 Å². The van der Waals surface area contributed by atoms with Crippen molar-refractivity contribution < 1.29 is 19.4 Å². The molecule has 0 aliphatic carbocycles. The maximum atomic E-state index is 13.0. The fourth-order valence-electron chi connectivity index (χ4n) is 4.01. The van der Waals surface area contributed by atoms with Crippen LogP contribution >= 0.6 is 0 Å². The minimum Gasteiger partial charge on any atom is -0.482 e. The van der Waals surface area contributed by atoms with Gasteiger partial charge in [-0.15, -0.1) is 0 Å². The van der Waals surface area contributed by atoms with Crippen molar-refractivity contribution in [3.8, 4) is 5.75 Å². The van der Waals surface area contributed by atoms with E-state index in [4.69, 9.17) is 9.84 Å². The van der Waals surface area contributed by atoms with Crippen LogP contribution in [0, 0.1) is 13.8 Å². The highest BCUT2D eigenvalue weighted by molar-refractivity contribution is 6.10. The van der Waals surface area contributed by atoms with Crippen LogP contribution in [0.2, 0.25) is 0 Å². The van der Waals surface area contributed by atoms with Crippen LogP contribution < -0.4 is 9.64 Å². The topological polar surface area (TPSA) is 66.8 Å². The van der Waals surface area contributed by atoms with Crippen molar-refractivity contribution in [1.82, 2.24) is 0 Å². The van der Waals surface area contributed by atoms with Crippen molar-refractivity contribution in [1.29, 1.82) is 0 Å². The van der Waals surface area contributed by atoms with Crippen molar-refractivity contribution in [2.75, 3.05) is 11.5 Å². The molecule has 31 heavy (non-hydrogen) atoms. The molecule has 0 unspecified atom stereocenters. The van der Waals surface area contributed by atoms with Crippen LogP contribution in [0.1, 0.15) is 38.2 Å². The van der Waals surface area contributed by atoms with Crippen molar-refractivity contribution in [3.63, 3.8) is 0 Å². The number of carbonyl (C=O) groups excluding carboxylic acids is 1. The third-order valence-electron chi connectivity index (χ3n) is 5.68. The predicted molar refractivity (Wildman–Crippen MR) is 120 cm³/mol. The molecule has 0 bridgehead atoms. The van der Waals surface area contributed by atoms with E-state index in [1.54, 1.807) is 0 Å². The van der Waals surface area contributed by atoms with E-state index in [1.807, 2.05) is 73.3 Å². The monoisotopic (exact) mass is 415 g/mol. The minimum absolute atomic E-state index is 0.0523. The van der Waals surface area contributed by atoms with Crippen LogP contribution in [0.3, 0.4) is 0 Å².